The van der Waals surface area contributed by atoms with E-state index in [0.717, 1.165) is 12.8 Å². The third kappa shape index (κ3) is 11.7. The molecule has 0 fully saturated rings. The van der Waals surface area contributed by atoms with Gasteiger partial charge in [-0.05, 0) is 34.1 Å². The van der Waals surface area contributed by atoms with Crippen molar-refractivity contribution in [3.8, 4) is 0 Å². The van der Waals surface area contributed by atoms with Crippen LogP contribution in [0.3, 0.4) is 0 Å². The minimum Gasteiger partial charge on any atom is -0.456 e. The largest absolute Gasteiger partial charge is 0.456 e. The second kappa shape index (κ2) is 9.76. The monoisotopic (exact) mass is 267 g/mol. The molecule has 0 N–H and O–H groups in total. The van der Waals surface area contributed by atoms with Gasteiger partial charge in [0.1, 0.15) is 11.8 Å². The zero-order valence-electron chi connectivity index (χ0n) is 13.1. The summed E-state index contributed by atoms with van der Waals surface area (Å²) in [6.07, 6.45) is 11.2. The number of ether oxygens (including phenoxy) is 1. The Bertz CT molecular complexity index is 300. The number of allylic oxidation sites excluding steroid dienone is 1. The van der Waals surface area contributed by atoms with Crippen molar-refractivity contribution in [3.63, 3.8) is 0 Å². The smallest absolute Gasteiger partial charge is 0.349 e. The van der Waals surface area contributed by atoms with Gasteiger partial charge >= 0.3 is 5.97 Å². The Morgan fingerprint density at radius 1 is 1.26 bits per heavy atom. The fraction of sp³-hybridized carbons (Fsp3) is 0.750. The average molecular weight is 267 g/mol. The van der Waals surface area contributed by atoms with Crippen LogP contribution in [0.2, 0.25) is 0 Å². The lowest BCUT2D eigenvalue weighted by Gasteiger charge is -2.18. The molecule has 1 atom stereocenters. The van der Waals surface area contributed by atoms with E-state index in [1.165, 1.54) is 25.5 Å². The molecule has 3 nitrogen and oxygen atoms in total. The van der Waals surface area contributed by atoms with E-state index in [1.54, 1.807) is 0 Å². The maximum atomic E-state index is 11.5. The Morgan fingerprint density at radius 3 is 2.47 bits per heavy atom. The van der Waals surface area contributed by atoms with Gasteiger partial charge in [0.2, 0.25) is 0 Å². The molecule has 0 saturated carbocycles. The summed E-state index contributed by atoms with van der Waals surface area (Å²) in [6, 6.07) is 0.0920. The van der Waals surface area contributed by atoms with Gasteiger partial charge in [-0.2, -0.15) is 0 Å². The summed E-state index contributed by atoms with van der Waals surface area (Å²) in [5.41, 5.74) is -0.458. The summed E-state index contributed by atoms with van der Waals surface area (Å²) in [5.74, 6) is -0.365. The van der Waals surface area contributed by atoms with Crippen LogP contribution >= 0.6 is 0 Å². The van der Waals surface area contributed by atoms with Gasteiger partial charge in [-0.3, -0.25) is 4.99 Å². The van der Waals surface area contributed by atoms with Gasteiger partial charge in [-0.25, -0.2) is 4.79 Å². The Kier molecular flexibility index (Phi) is 9.19. The molecule has 0 bridgehead atoms. The third-order valence-electron chi connectivity index (χ3n) is 2.55. The van der Waals surface area contributed by atoms with Gasteiger partial charge in [0.15, 0.2) is 0 Å². The lowest BCUT2D eigenvalue weighted by atomic mass is 10.1. The first-order chi connectivity index (χ1) is 8.89. The standard InChI is InChI=1S/C16H29NO2/c1-6-8-9-10-12-14(11-7-2)17-13-15(18)19-16(3,4)5/h7,11,13-14H,6,8-10,12H2,1-5H3/b11-7-,17-13?/t14-/m0/s1. The molecule has 0 spiro atoms. The molecular weight excluding hydrogens is 238 g/mol. The van der Waals surface area contributed by atoms with Crippen molar-refractivity contribution >= 4 is 12.2 Å². The van der Waals surface area contributed by atoms with Gasteiger partial charge in [-0.15, -0.1) is 0 Å². The molecule has 0 aliphatic carbocycles. The molecule has 0 unspecified atom stereocenters. The van der Waals surface area contributed by atoms with Crippen LogP contribution in [-0.4, -0.2) is 23.8 Å². The summed E-state index contributed by atoms with van der Waals surface area (Å²) >= 11 is 0. The second-order valence-corrected chi connectivity index (χ2v) is 5.75. The second-order valence-electron chi connectivity index (χ2n) is 5.75. The minimum absolute atomic E-state index is 0.0920. The van der Waals surface area contributed by atoms with Crippen molar-refractivity contribution in [1.29, 1.82) is 0 Å². The topological polar surface area (TPSA) is 38.7 Å². The van der Waals surface area contributed by atoms with E-state index in [0.29, 0.717) is 0 Å². The molecule has 0 aromatic rings. The zero-order valence-corrected chi connectivity index (χ0v) is 13.1. The Hall–Kier alpha value is -1.12. The summed E-state index contributed by atoms with van der Waals surface area (Å²) in [4.78, 5) is 15.9. The quantitative estimate of drug-likeness (QED) is 0.284. The van der Waals surface area contributed by atoms with Crippen molar-refractivity contribution in [1.82, 2.24) is 0 Å². The fourth-order valence-corrected chi connectivity index (χ4v) is 1.71. The predicted octanol–water partition coefficient (Wildman–Crippen LogP) is 4.31. The van der Waals surface area contributed by atoms with Crippen LogP contribution in [0.5, 0.6) is 0 Å². The van der Waals surface area contributed by atoms with Crippen molar-refractivity contribution in [3.05, 3.63) is 12.2 Å². The predicted molar refractivity (Wildman–Crippen MR) is 81.7 cm³/mol. The molecule has 19 heavy (non-hydrogen) atoms. The van der Waals surface area contributed by atoms with Crippen molar-refractivity contribution in [2.45, 2.75) is 78.4 Å². The fourth-order valence-electron chi connectivity index (χ4n) is 1.71. The van der Waals surface area contributed by atoms with Gasteiger partial charge in [0, 0.05) is 0 Å². The molecule has 0 aliphatic rings. The number of hydrogen-bond donors (Lipinski definition) is 0. The van der Waals surface area contributed by atoms with Gasteiger partial charge in [-0.1, -0.05) is 44.8 Å². The van der Waals surface area contributed by atoms with Crippen LogP contribution in [0.15, 0.2) is 17.1 Å². The molecule has 0 radical (unpaired) electrons. The number of carbonyl (C=O) groups is 1. The van der Waals surface area contributed by atoms with Crippen LogP contribution in [0.1, 0.15) is 66.7 Å². The van der Waals surface area contributed by atoms with Gasteiger partial charge in [0.25, 0.3) is 0 Å². The third-order valence-corrected chi connectivity index (χ3v) is 2.55. The van der Waals surface area contributed by atoms with E-state index < -0.39 is 5.60 Å². The minimum atomic E-state index is -0.458. The van der Waals surface area contributed by atoms with Crippen LogP contribution < -0.4 is 0 Å². The maximum Gasteiger partial charge on any atom is 0.349 e. The summed E-state index contributed by atoms with van der Waals surface area (Å²) in [6.45, 7) is 9.73. The SMILES string of the molecule is C/C=C\[C@@H](CCCCCC)N=CC(=O)OC(C)(C)C. The number of carbonyl (C=O) groups excluding carboxylic acids is 1. The van der Waals surface area contributed by atoms with Gasteiger partial charge in [0.05, 0.1) is 6.04 Å². The van der Waals surface area contributed by atoms with Crippen molar-refractivity contribution in [2.75, 3.05) is 0 Å². The Morgan fingerprint density at radius 2 is 1.95 bits per heavy atom. The summed E-state index contributed by atoms with van der Waals surface area (Å²) < 4.78 is 5.20. The first kappa shape index (κ1) is 17.9. The molecule has 0 rings (SSSR count). The maximum absolute atomic E-state index is 11.5. The van der Waals surface area contributed by atoms with E-state index in [1.807, 2.05) is 39.8 Å². The molecular formula is C16H29NO2. The summed E-state index contributed by atoms with van der Waals surface area (Å²) in [5, 5.41) is 0. The van der Waals surface area contributed by atoms with Crippen molar-refractivity contribution < 1.29 is 9.53 Å². The van der Waals surface area contributed by atoms with Crippen LogP contribution in [-0.2, 0) is 9.53 Å². The highest BCUT2D eigenvalue weighted by atomic mass is 16.6. The average Bonchev–Trinajstić information content (AvgIpc) is 2.29. The molecule has 0 aliphatic heterocycles. The molecule has 3 heteroatoms. The van der Waals surface area contributed by atoms with E-state index in [-0.39, 0.29) is 12.0 Å². The van der Waals surface area contributed by atoms with Crippen LogP contribution in [0.4, 0.5) is 0 Å². The van der Waals surface area contributed by atoms with E-state index >= 15 is 0 Å². The highest BCUT2D eigenvalue weighted by molar-refractivity contribution is 6.23. The molecule has 110 valence electrons. The van der Waals surface area contributed by atoms with Crippen molar-refractivity contribution in [2.24, 2.45) is 4.99 Å². The number of aliphatic imine (C=N–C) groups is 1. The van der Waals surface area contributed by atoms with Crippen LogP contribution in [0, 0.1) is 0 Å². The molecule has 0 amide bonds. The van der Waals surface area contributed by atoms with Crippen LogP contribution in [0.25, 0.3) is 0 Å². The molecule has 0 aromatic carbocycles. The zero-order chi connectivity index (χ0) is 14.7. The molecule has 0 aromatic heterocycles. The number of rotatable bonds is 8. The highest BCUT2D eigenvalue weighted by Gasteiger charge is 2.14. The normalized spacial score (nSPS) is 14.2. The Labute approximate surface area is 118 Å². The lowest BCUT2D eigenvalue weighted by molar-refractivity contribution is -0.145. The lowest BCUT2D eigenvalue weighted by Crippen LogP contribution is -2.24. The molecule has 0 heterocycles. The first-order valence-electron chi connectivity index (χ1n) is 7.28. The summed E-state index contributed by atoms with van der Waals surface area (Å²) in [7, 11) is 0. The van der Waals surface area contributed by atoms with Gasteiger partial charge < -0.3 is 4.74 Å². The van der Waals surface area contributed by atoms with E-state index in [4.69, 9.17) is 4.74 Å². The number of nitrogens with zero attached hydrogens (tertiary/aromatic N) is 1. The first-order valence-corrected chi connectivity index (χ1v) is 7.28. The molecule has 0 saturated heterocycles. The van der Waals surface area contributed by atoms with E-state index in [9.17, 15) is 4.79 Å². The number of hydrogen-bond acceptors (Lipinski definition) is 3. The number of esters is 1. The highest BCUT2D eigenvalue weighted by Crippen LogP contribution is 2.10. The van der Waals surface area contributed by atoms with E-state index in [2.05, 4.69) is 11.9 Å². The number of unbranched alkanes of at least 4 members (excludes halogenated alkanes) is 3. The Balaban J connectivity index is 4.21.